The smallest absolute Gasteiger partial charge is 0.255 e. The highest BCUT2D eigenvalue weighted by Crippen LogP contribution is 2.23. The Labute approximate surface area is 144 Å². The summed E-state index contributed by atoms with van der Waals surface area (Å²) < 4.78 is 5.28. The largest absolute Gasteiger partial charge is 0.477 e. The van der Waals surface area contributed by atoms with E-state index in [0.717, 1.165) is 16.9 Å². The van der Waals surface area contributed by atoms with Crippen LogP contribution in [0.3, 0.4) is 0 Å². The second-order valence-electron chi connectivity index (χ2n) is 5.31. The Bertz CT molecular complexity index is 845. The summed E-state index contributed by atoms with van der Waals surface area (Å²) in [5, 5.41) is 0.319. The molecule has 0 fully saturated rings. The molecule has 0 aliphatic carbocycles. The summed E-state index contributed by atoms with van der Waals surface area (Å²) in [5.74, 6) is 0.862. The number of ether oxygens (including phenoxy) is 1. The van der Waals surface area contributed by atoms with Gasteiger partial charge in [0.15, 0.2) is 0 Å². The predicted octanol–water partition coefficient (Wildman–Crippen LogP) is 3.28. The summed E-state index contributed by atoms with van der Waals surface area (Å²) in [4.78, 5) is 25.9. The molecule has 1 N–H and O–H groups in total. The van der Waals surface area contributed by atoms with Crippen molar-refractivity contribution in [3.8, 4) is 5.88 Å². The SMILES string of the molecule is CCOc1ncc(C(=O)N(C)Cc2nc3ccccc3[nH]2)cc1Cl. The third-order valence-electron chi connectivity index (χ3n) is 3.51. The molecule has 0 atom stereocenters. The number of amides is 1. The van der Waals surface area contributed by atoms with Crippen molar-refractivity contribution in [2.24, 2.45) is 0 Å². The fourth-order valence-electron chi connectivity index (χ4n) is 2.38. The van der Waals surface area contributed by atoms with E-state index in [2.05, 4.69) is 15.0 Å². The first-order valence-corrected chi connectivity index (χ1v) is 7.93. The maximum atomic E-state index is 12.5. The first-order chi connectivity index (χ1) is 11.6. The van der Waals surface area contributed by atoms with Crippen molar-refractivity contribution in [1.29, 1.82) is 0 Å². The van der Waals surface area contributed by atoms with Crippen molar-refractivity contribution in [1.82, 2.24) is 19.9 Å². The number of fused-ring (bicyclic) bond motifs is 1. The number of para-hydroxylation sites is 2. The highest BCUT2D eigenvalue weighted by Gasteiger charge is 2.16. The quantitative estimate of drug-likeness (QED) is 0.771. The fraction of sp³-hybridized carbons (Fsp3) is 0.235. The maximum Gasteiger partial charge on any atom is 0.255 e. The molecule has 0 bridgehead atoms. The molecule has 1 amide bonds. The Morgan fingerprint density at radius 1 is 1.38 bits per heavy atom. The monoisotopic (exact) mass is 344 g/mol. The number of aromatic nitrogens is 3. The van der Waals surface area contributed by atoms with Gasteiger partial charge in [-0.2, -0.15) is 0 Å². The van der Waals surface area contributed by atoms with Crippen molar-refractivity contribution in [3.05, 3.63) is 52.9 Å². The molecule has 2 heterocycles. The molecule has 0 aliphatic heterocycles. The van der Waals surface area contributed by atoms with E-state index in [4.69, 9.17) is 16.3 Å². The van der Waals surface area contributed by atoms with Gasteiger partial charge in [-0.3, -0.25) is 4.79 Å². The van der Waals surface area contributed by atoms with Gasteiger partial charge in [-0.1, -0.05) is 23.7 Å². The molecule has 0 aliphatic rings. The summed E-state index contributed by atoms with van der Waals surface area (Å²) in [6.45, 7) is 2.67. The molecule has 3 rings (SSSR count). The number of nitrogens with zero attached hydrogens (tertiary/aromatic N) is 3. The molecule has 2 aromatic heterocycles. The van der Waals surface area contributed by atoms with Gasteiger partial charge in [0.2, 0.25) is 5.88 Å². The number of rotatable bonds is 5. The molecule has 3 aromatic rings. The molecule has 24 heavy (non-hydrogen) atoms. The molecule has 7 heteroatoms. The van der Waals surface area contributed by atoms with Gasteiger partial charge in [0.05, 0.1) is 29.7 Å². The highest BCUT2D eigenvalue weighted by atomic mass is 35.5. The number of pyridine rings is 1. The summed E-state index contributed by atoms with van der Waals surface area (Å²) in [6, 6.07) is 9.30. The second-order valence-corrected chi connectivity index (χ2v) is 5.71. The number of benzene rings is 1. The van der Waals surface area contributed by atoms with Crippen molar-refractivity contribution in [3.63, 3.8) is 0 Å². The third-order valence-corrected chi connectivity index (χ3v) is 3.78. The van der Waals surface area contributed by atoms with Crippen LogP contribution >= 0.6 is 11.6 Å². The minimum atomic E-state index is -0.187. The molecule has 0 saturated carbocycles. The van der Waals surface area contributed by atoms with Gasteiger partial charge >= 0.3 is 0 Å². The number of nitrogens with one attached hydrogen (secondary N) is 1. The van der Waals surface area contributed by atoms with Crippen molar-refractivity contribution in [2.75, 3.05) is 13.7 Å². The lowest BCUT2D eigenvalue weighted by Gasteiger charge is -2.16. The van der Waals surface area contributed by atoms with Crippen LogP contribution in [0, 0.1) is 0 Å². The Hall–Kier alpha value is -2.60. The van der Waals surface area contributed by atoms with Crippen LogP contribution in [-0.2, 0) is 6.54 Å². The van der Waals surface area contributed by atoms with Gasteiger partial charge in [0, 0.05) is 13.2 Å². The first-order valence-electron chi connectivity index (χ1n) is 7.56. The van der Waals surface area contributed by atoms with Crippen LogP contribution in [0.1, 0.15) is 23.1 Å². The summed E-state index contributed by atoms with van der Waals surface area (Å²) >= 11 is 6.09. The van der Waals surface area contributed by atoms with Gasteiger partial charge in [0.25, 0.3) is 5.91 Å². The van der Waals surface area contributed by atoms with Crippen molar-refractivity contribution < 1.29 is 9.53 Å². The van der Waals surface area contributed by atoms with Gasteiger partial charge in [0.1, 0.15) is 10.8 Å². The predicted molar refractivity (Wildman–Crippen MR) is 92.3 cm³/mol. The van der Waals surface area contributed by atoms with Crippen LogP contribution in [0.5, 0.6) is 5.88 Å². The number of imidazole rings is 1. The number of H-pyrrole nitrogens is 1. The number of carbonyl (C=O) groups excluding carboxylic acids is 1. The van der Waals surface area contributed by atoms with Crippen LogP contribution in [-0.4, -0.2) is 39.4 Å². The molecular formula is C17H17ClN4O2. The van der Waals surface area contributed by atoms with Gasteiger partial charge in [-0.15, -0.1) is 0 Å². The van der Waals surface area contributed by atoms with Crippen LogP contribution in [0.4, 0.5) is 0 Å². The van der Waals surface area contributed by atoms with Crippen LogP contribution < -0.4 is 4.74 Å². The molecule has 0 saturated heterocycles. The first kappa shape index (κ1) is 16.3. The maximum absolute atomic E-state index is 12.5. The average molecular weight is 345 g/mol. The van der Waals surface area contributed by atoms with E-state index in [9.17, 15) is 4.79 Å². The van der Waals surface area contributed by atoms with E-state index >= 15 is 0 Å². The number of carbonyl (C=O) groups is 1. The zero-order valence-electron chi connectivity index (χ0n) is 13.4. The fourth-order valence-corrected chi connectivity index (χ4v) is 2.60. The van der Waals surface area contributed by atoms with E-state index in [1.807, 2.05) is 31.2 Å². The normalized spacial score (nSPS) is 10.8. The van der Waals surface area contributed by atoms with Gasteiger partial charge in [-0.05, 0) is 25.1 Å². The topological polar surface area (TPSA) is 71.1 Å². The molecule has 124 valence electrons. The lowest BCUT2D eigenvalue weighted by Crippen LogP contribution is -2.26. The van der Waals surface area contributed by atoms with Gasteiger partial charge in [-0.25, -0.2) is 9.97 Å². The zero-order valence-corrected chi connectivity index (χ0v) is 14.2. The summed E-state index contributed by atoms with van der Waals surface area (Å²) in [7, 11) is 1.71. The standard InChI is InChI=1S/C17H17ClN4O2/c1-3-24-16-12(18)8-11(9-19-16)17(23)22(2)10-15-20-13-6-4-5-7-14(13)21-15/h4-9H,3,10H2,1-2H3,(H,20,21). The Kier molecular flexibility index (Phi) is 4.66. The van der Waals surface area contributed by atoms with Crippen LogP contribution in [0.15, 0.2) is 36.5 Å². The number of halogens is 1. The van der Waals surface area contributed by atoms with Crippen molar-refractivity contribution in [2.45, 2.75) is 13.5 Å². The molecule has 1 aromatic carbocycles. The third kappa shape index (κ3) is 3.33. The number of aromatic amines is 1. The van der Waals surface area contributed by atoms with E-state index < -0.39 is 0 Å². The lowest BCUT2D eigenvalue weighted by molar-refractivity contribution is 0.0781. The number of hydrogen-bond acceptors (Lipinski definition) is 4. The second kappa shape index (κ2) is 6.88. The minimum absolute atomic E-state index is 0.187. The van der Waals surface area contributed by atoms with E-state index in [1.54, 1.807) is 18.0 Å². The summed E-state index contributed by atoms with van der Waals surface area (Å²) in [6.07, 6.45) is 1.47. The lowest BCUT2D eigenvalue weighted by atomic mass is 10.2. The summed E-state index contributed by atoms with van der Waals surface area (Å²) in [5.41, 5.74) is 2.22. The Balaban J connectivity index is 1.75. The highest BCUT2D eigenvalue weighted by molar-refractivity contribution is 6.32. The Morgan fingerprint density at radius 3 is 2.88 bits per heavy atom. The molecular weight excluding hydrogens is 328 g/mol. The molecule has 0 unspecified atom stereocenters. The van der Waals surface area contributed by atoms with Crippen LogP contribution in [0.25, 0.3) is 11.0 Å². The molecule has 0 radical (unpaired) electrons. The molecule has 0 spiro atoms. The number of hydrogen-bond donors (Lipinski definition) is 1. The van der Waals surface area contributed by atoms with E-state index in [0.29, 0.717) is 29.6 Å². The Morgan fingerprint density at radius 2 is 2.17 bits per heavy atom. The minimum Gasteiger partial charge on any atom is -0.477 e. The molecule has 6 nitrogen and oxygen atoms in total. The van der Waals surface area contributed by atoms with Gasteiger partial charge < -0.3 is 14.6 Å². The van der Waals surface area contributed by atoms with E-state index in [1.165, 1.54) is 6.20 Å². The zero-order chi connectivity index (χ0) is 17.1. The van der Waals surface area contributed by atoms with E-state index in [-0.39, 0.29) is 5.91 Å². The average Bonchev–Trinajstić information content (AvgIpc) is 2.98. The van der Waals surface area contributed by atoms with Crippen LogP contribution in [0.2, 0.25) is 5.02 Å². The van der Waals surface area contributed by atoms with Crippen molar-refractivity contribution >= 4 is 28.5 Å².